The molecule has 0 aromatic heterocycles. The van der Waals surface area contributed by atoms with E-state index in [-0.39, 0.29) is 6.03 Å². The lowest BCUT2D eigenvalue weighted by Gasteiger charge is -2.38. The number of hydrogen-bond donors (Lipinski definition) is 2. The predicted octanol–water partition coefficient (Wildman–Crippen LogP) is 1.12. The van der Waals surface area contributed by atoms with Gasteiger partial charge in [-0.3, -0.25) is 4.90 Å². The maximum atomic E-state index is 12.3. The lowest BCUT2D eigenvalue weighted by Crippen LogP contribution is -2.59. The van der Waals surface area contributed by atoms with E-state index >= 15 is 0 Å². The zero-order valence-electron chi connectivity index (χ0n) is 12.4. The minimum atomic E-state index is -1.04. The van der Waals surface area contributed by atoms with Crippen LogP contribution in [0.15, 0.2) is 0 Å². The summed E-state index contributed by atoms with van der Waals surface area (Å²) >= 11 is 0. The number of piperazine rings is 1. The molecule has 20 heavy (non-hydrogen) atoms. The lowest BCUT2D eigenvalue weighted by molar-refractivity contribution is -0.144. The number of carboxylic acid groups (broad SMARTS) is 1. The normalized spacial score (nSPS) is 23.1. The molecule has 2 rings (SSSR count). The summed E-state index contributed by atoms with van der Waals surface area (Å²) in [7, 11) is 0. The average Bonchev–Trinajstić information content (AvgIpc) is 2.88. The second-order valence-electron chi connectivity index (χ2n) is 6.14. The van der Waals surface area contributed by atoms with Gasteiger partial charge in [-0.05, 0) is 26.7 Å². The van der Waals surface area contributed by atoms with Gasteiger partial charge in [-0.2, -0.15) is 0 Å². The first kappa shape index (κ1) is 15.1. The summed E-state index contributed by atoms with van der Waals surface area (Å²) in [6.07, 6.45) is 2.82. The Labute approximate surface area is 120 Å². The van der Waals surface area contributed by atoms with Gasteiger partial charge in [-0.15, -0.1) is 0 Å². The monoisotopic (exact) mass is 283 g/mol. The second-order valence-corrected chi connectivity index (χ2v) is 6.14. The zero-order chi connectivity index (χ0) is 14.8. The van der Waals surface area contributed by atoms with Gasteiger partial charge in [-0.25, -0.2) is 9.59 Å². The smallest absolute Gasteiger partial charge is 0.329 e. The molecule has 0 spiro atoms. The lowest BCUT2D eigenvalue weighted by atomic mass is 9.98. The number of amides is 2. The van der Waals surface area contributed by atoms with Gasteiger partial charge in [0.1, 0.15) is 5.54 Å². The molecule has 0 radical (unpaired) electrons. The fourth-order valence-corrected chi connectivity index (χ4v) is 3.10. The van der Waals surface area contributed by atoms with Crippen LogP contribution in [0.4, 0.5) is 4.79 Å². The summed E-state index contributed by atoms with van der Waals surface area (Å²) in [6, 6.07) is 0.262. The van der Waals surface area contributed by atoms with Crippen LogP contribution >= 0.6 is 0 Å². The van der Waals surface area contributed by atoms with E-state index in [2.05, 4.69) is 24.1 Å². The van der Waals surface area contributed by atoms with E-state index in [1.54, 1.807) is 4.90 Å². The number of carbonyl (C=O) groups is 2. The van der Waals surface area contributed by atoms with Gasteiger partial charge >= 0.3 is 12.0 Å². The SMILES string of the molecule is CC(C)N1CCN(C(=O)NC2(C(=O)O)CCCC2)CC1. The Hall–Kier alpha value is -1.30. The Morgan fingerprint density at radius 2 is 1.65 bits per heavy atom. The van der Waals surface area contributed by atoms with Crippen LogP contribution in [-0.2, 0) is 4.79 Å². The van der Waals surface area contributed by atoms with Crippen LogP contribution in [-0.4, -0.2) is 64.7 Å². The van der Waals surface area contributed by atoms with Crippen LogP contribution in [0.1, 0.15) is 39.5 Å². The molecule has 2 amide bonds. The van der Waals surface area contributed by atoms with Crippen molar-refractivity contribution in [2.45, 2.75) is 51.1 Å². The summed E-state index contributed by atoms with van der Waals surface area (Å²) in [5.41, 5.74) is -1.04. The highest BCUT2D eigenvalue weighted by molar-refractivity contribution is 5.86. The van der Waals surface area contributed by atoms with Gasteiger partial charge in [0, 0.05) is 32.2 Å². The van der Waals surface area contributed by atoms with E-state index in [4.69, 9.17) is 0 Å². The number of urea groups is 1. The van der Waals surface area contributed by atoms with Gasteiger partial charge in [0.2, 0.25) is 0 Å². The minimum Gasteiger partial charge on any atom is -0.480 e. The number of rotatable bonds is 3. The van der Waals surface area contributed by atoms with Gasteiger partial charge in [0.15, 0.2) is 0 Å². The van der Waals surface area contributed by atoms with Crippen molar-refractivity contribution in [3.05, 3.63) is 0 Å². The molecule has 1 aliphatic carbocycles. The van der Waals surface area contributed by atoms with Gasteiger partial charge in [-0.1, -0.05) is 12.8 Å². The van der Waals surface area contributed by atoms with Crippen LogP contribution in [0.25, 0.3) is 0 Å². The van der Waals surface area contributed by atoms with E-state index in [0.717, 1.165) is 25.9 Å². The number of nitrogens with zero attached hydrogens (tertiary/aromatic N) is 2. The molecule has 0 aromatic rings. The highest BCUT2D eigenvalue weighted by Crippen LogP contribution is 2.30. The minimum absolute atomic E-state index is 0.224. The third kappa shape index (κ3) is 3.06. The van der Waals surface area contributed by atoms with E-state index < -0.39 is 11.5 Å². The molecule has 2 N–H and O–H groups in total. The van der Waals surface area contributed by atoms with Crippen molar-refractivity contribution >= 4 is 12.0 Å². The molecule has 0 atom stereocenters. The highest BCUT2D eigenvalue weighted by Gasteiger charge is 2.43. The average molecular weight is 283 g/mol. The molecule has 0 aromatic carbocycles. The van der Waals surface area contributed by atoms with E-state index in [1.165, 1.54) is 0 Å². The van der Waals surface area contributed by atoms with Gasteiger partial charge < -0.3 is 15.3 Å². The quantitative estimate of drug-likeness (QED) is 0.814. The molecule has 6 nitrogen and oxygen atoms in total. The van der Waals surface area contributed by atoms with Crippen molar-refractivity contribution in [1.29, 1.82) is 0 Å². The van der Waals surface area contributed by atoms with Crippen molar-refractivity contribution in [2.24, 2.45) is 0 Å². The maximum absolute atomic E-state index is 12.3. The van der Waals surface area contributed by atoms with Crippen molar-refractivity contribution in [3.63, 3.8) is 0 Å². The van der Waals surface area contributed by atoms with E-state index in [9.17, 15) is 14.7 Å². The molecule has 2 fully saturated rings. The highest BCUT2D eigenvalue weighted by atomic mass is 16.4. The number of carbonyl (C=O) groups excluding carboxylic acids is 1. The van der Waals surface area contributed by atoms with Crippen LogP contribution in [0, 0.1) is 0 Å². The first-order valence-electron chi connectivity index (χ1n) is 7.49. The summed E-state index contributed by atoms with van der Waals surface area (Å²) < 4.78 is 0. The molecule has 0 unspecified atom stereocenters. The molecule has 0 bridgehead atoms. The first-order chi connectivity index (χ1) is 9.44. The molecule has 2 aliphatic rings. The summed E-state index contributed by atoms with van der Waals surface area (Å²) in [5, 5.41) is 12.2. The zero-order valence-corrected chi connectivity index (χ0v) is 12.4. The molecule has 6 heteroatoms. The number of carboxylic acids is 1. The third-order valence-corrected chi connectivity index (χ3v) is 4.54. The Kier molecular flexibility index (Phi) is 4.52. The van der Waals surface area contributed by atoms with Crippen LogP contribution in [0.3, 0.4) is 0 Å². The third-order valence-electron chi connectivity index (χ3n) is 4.54. The molecule has 1 saturated heterocycles. The molecule has 1 saturated carbocycles. The van der Waals surface area contributed by atoms with Crippen molar-refractivity contribution in [1.82, 2.24) is 15.1 Å². The van der Waals surface area contributed by atoms with E-state index in [1.807, 2.05) is 0 Å². The summed E-state index contributed by atoms with van der Waals surface area (Å²) in [6.45, 7) is 7.33. The Morgan fingerprint density at radius 1 is 1.10 bits per heavy atom. The fraction of sp³-hybridized carbons (Fsp3) is 0.857. The Morgan fingerprint density at radius 3 is 2.10 bits per heavy atom. The number of nitrogens with one attached hydrogen (secondary N) is 1. The predicted molar refractivity (Wildman–Crippen MR) is 75.6 cm³/mol. The molecular formula is C14H25N3O3. The van der Waals surface area contributed by atoms with Crippen LogP contribution < -0.4 is 5.32 Å². The topological polar surface area (TPSA) is 72.9 Å². The van der Waals surface area contributed by atoms with Crippen molar-refractivity contribution < 1.29 is 14.7 Å². The fourth-order valence-electron chi connectivity index (χ4n) is 3.10. The molecule has 1 heterocycles. The van der Waals surface area contributed by atoms with Gasteiger partial charge in [0.05, 0.1) is 0 Å². The van der Waals surface area contributed by atoms with E-state index in [0.29, 0.717) is 32.0 Å². The van der Waals surface area contributed by atoms with Crippen LogP contribution in [0.2, 0.25) is 0 Å². The molecule has 1 aliphatic heterocycles. The number of hydrogen-bond acceptors (Lipinski definition) is 3. The number of aliphatic carboxylic acids is 1. The van der Waals surface area contributed by atoms with Crippen molar-refractivity contribution in [3.8, 4) is 0 Å². The van der Waals surface area contributed by atoms with Gasteiger partial charge in [0.25, 0.3) is 0 Å². The standard InChI is InChI=1S/C14H25N3O3/c1-11(2)16-7-9-17(10-8-16)13(20)15-14(12(18)19)5-3-4-6-14/h11H,3-10H2,1-2H3,(H,15,20)(H,18,19). The first-order valence-corrected chi connectivity index (χ1v) is 7.49. The van der Waals surface area contributed by atoms with Crippen LogP contribution in [0.5, 0.6) is 0 Å². The largest absolute Gasteiger partial charge is 0.480 e. The molecular weight excluding hydrogens is 258 g/mol. The Balaban J connectivity index is 1.91. The second kappa shape index (κ2) is 5.99. The maximum Gasteiger partial charge on any atom is 0.329 e. The molecule has 114 valence electrons. The Bertz CT molecular complexity index is 370. The summed E-state index contributed by atoms with van der Waals surface area (Å²) in [4.78, 5) is 27.8. The summed E-state index contributed by atoms with van der Waals surface area (Å²) in [5.74, 6) is -0.899. The van der Waals surface area contributed by atoms with Crippen molar-refractivity contribution in [2.75, 3.05) is 26.2 Å².